The highest BCUT2D eigenvalue weighted by atomic mass is 16.6. The minimum absolute atomic E-state index is 0.0400. The maximum absolute atomic E-state index is 11.0. The van der Waals surface area contributed by atoms with Crippen LogP contribution in [-0.2, 0) is 9.53 Å². The van der Waals surface area contributed by atoms with Crippen molar-refractivity contribution in [3.05, 3.63) is 39.3 Å². The lowest BCUT2D eigenvalue weighted by Gasteiger charge is -1.97. The van der Waals surface area contributed by atoms with Gasteiger partial charge in [0.15, 0.2) is 11.8 Å². The molecule has 0 aliphatic carbocycles. The summed E-state index contributed by atoms with van der Waals surface area (Å²) in [5, 5.41) is 21.7. The highest BCUT2D eigenvalue weighted by Crippen LogP contribution is 2.13. The van der Waals surface area contributed by atoms with E-state index in [1.54, 1.807) is 6.92 Å². The van der Waals surface area contributed by atoms with Gasteiger partial charge >= 0.3 is 5.97 Å². The number of aromatic nitrogens is 1. The molecule has 0 aromatic carbocycles. The fraction of sp³-hybridized carbons (Fsp3) is 0.273. The molecule has 1 heterocycles. The third-order valence-corrected chi connectivity index (χ3v) is 1.87. The van der Waals surface area contributed by atoms with Gasteiger partial charge in [0, 0.05) is 0 Å². The summed E-state index contributed by atoms with van der Waals surface area (Å²) in [7, 11) is 0. The first-order valence-electron chi connectivity index (χ1n) is 5.06. The van der Waals surface area contributed by atoms with Crippen LogP contribution in [0.15, 0.2) is 18.5 Å². The van der Waals surface area contributed by atoms with Crippen molar-refractivity contribution in [3.8, 4) is 11.8 Å². The third-order valence-electron chi connectivity index (χ3n) is 1.87. The van der Waals surface area contributed by atoms with Gasteiger partial charge in [0.05, 0.1) is 17.6 Å². The Labute approximate surface area is 103 Å². The van der Waals surface area contributed by atoms with Gasteiger partial charge < -0.3 is 9.94 Å². The number of hydrogen-bond donors (Lipinski definition) is 0. The van der Waals surface area contributed by atoms with E-state index in [0.29, 0.717) is 4.73 Å². The van der Waals surface area contributed by atoms with Crippen LogP contribution >= 0.6 is 0 Å². The molecule has 0 atom stereocenters. The Bertz CT molecular complexity index is 530. The zero-order valence-electron chi connectivity index (χ0n) is 9.58. The van der Waals surface area contributed by atoms with Crippen LogP contribution in [0.4, 0.5) is 5.69 Å². The standard InChI is InChI=1S/C11H10N2O5/c1-2-18-11(14)5-3-4-9-8-12(15)7-6-10(9)13(16)17/h6-8H,2,5H2,1H3. The maximum Gasteiger partial charge on any atom is 0.317 e. The third kappa shape index (κ3) is 3.75. The van der Waals surface area contributed by atoms with Gasteiger partial charge in [0.1, 0.15) is 6.42 Å². The molecule has 0 amide bonds. The molecular formula is C11H10N2O5. The molecule has 0 saturated heterocycles. The van der Waals surface area contributed by atoms with Crippen molar-refractivity contribution in [1.82, 2.24) is 0 Å². The molecule has 0 unspecified atom stereocenters. The number of pyridine rings is 1. The predicted octanol–water partition coefficient (Wildman–Crippen LogP) is 0.533. The lowest BCUT2D eigenvalue weighted by molar-refractivity contribution is -0.606. The lowest BCUT2D eigenvalue weighted by atomic mass is 10.2. The Hall–Kier alpha value is -2.62. The minimum atomic E-state index is -0.644. The first-order valence-corrected chi connectivity index (χ1v) is 5.06. The van der Waals surface area contributed by atoms with E-state index >= 15 is 0 Å². The molecule has 0 spiro atoms. The Balaban J connectivity index is 2.90. The van der Waals surface area contributed by atoms with Gasteiger partial charge in [0.2, 0.25) is 6.20 Å². The Morgan fingerprint density at radius 2 is 2.33 bits per heavy atom. The number of ether oxygens (including phenoxy) is 1. The molecule has 0 aliphatic rings. The number of hydrogen-bond acceptors (Lipinski definition) is 5. The van der Waals surface area contributed by atoms with E-state index in [1.165, 1.54) is 0 Å². The first kappa shape index (κ1) is 13.4. The molecule has 7 heteroatoms. The maximum atomic E-state index is 11.0. The molecule has 18 heavy (non-hydrogen) atoms. The predicted molar refractivity (Wildman–Crippen MR) is 60.2 cm³/mol. The fourth-order valence-electron chi connectivity index (χ4n) is 1.15. The van der Waals surface area contributed by atoms with Crippen LogP contribution in [0.2, 0.25) is 0 Å². The quantitative estimate of drug-likeness (QED) is 0.195. The minimum Gasteiger partial charge on any atom is -0.619 e. The van der Waals surface area contributed by atoms with Gasteiger partial charge in [-0.3, -0.25) is 14.9 Å². The summed E-state index contributed by atoms with van der Waals surface area (Å²) in [5.41, 5.74) is -0.319. The average molecular weight is 250 g/mol. The van der Waals surface area contributed by atoms with Gasteiger partial charge in [0.25, 0.3) is 5.69 Å². The van der Waals surface area contributed by atoms with Crippen molar-refractivity contribution in [1.29, 1.82) is 0 Å². The van der Waals surface area contributed by atoms with Gasteiger partial charge in [-0.1, -0.05) is 11.8 Å². The SMILES string of the molecule is CCOC(=O)CC#Cc1c[n+]([O-])ccc1[N+](=O)[O-]. The second kappa shape index (κ2) is 6.20. The van der Waals surface area contributed by atoms with Gasteiger partial charge in [-0.2, -0.15) is 4.73 Å². The van der Waals surface area contributed by atoms with Crippen LogP contribution in [0, 0.1) is 27.2 Å². The number of esters is 1. The first-order chi connectivity index (χ1) is 8.54. The summed E-state index contributed by atoms with van der Waals surface area (Å²) in [4.78, 5) is 21.0. The number of rotatable bonds is 3. The monoisotopic (exact) mass is 250 g/mol. The number of carbonyl (C=O) groups excluding carboxylic acids is 1. The van der Waals surface area contributed by atoms with Crippen LogP contribution in [0.3, 0.4) is 0 Å². The number of nitro groups is 1. The van der Waals surface area contributed by atoms with E-state index < -0.39 is 10.9 Å². The average Bonchev–Trinajstić information content (AvgIpc) is 2.29. The van der Waals surface area contributed by atoms with E-state index in [1.807, 2.05) is 0 Å². The molecule has 94 valence electrons. The summed E-state index contributed by atoms with van der Waals surface area (Å²) in [6.07, 6.45) is 1.81. The normalized spacial score (nSPS) is 9.17. The largest absolute Gasteiger partial charge is 0.619 e. The van der Waals surface area contributed by atoms with Crippen molar-refractivity contribution in [3.63, 3.8) is 0 Å². The molecule has 1 rings (SSSR count). The molecule has 0 bridgehead atoms. The molecule has 0 radical (unpaired) electrons. The van der Waals surface area contributed by atoms with Crippen LogP contribution in [-0.4, -0.2) is 17.5 Å². The summed E-state index contributed by atoms with van der Waals surface area (Å²) in [5.74, 6) is 4.32. The van der Waals surface area contributed by atoms with E-state index in [0.717, 1.165) is 18.5 Å². The van der Waals surface area contributed by atoms with E-state index in [9.17, 15) is 20.1 Å². The molecule has 1 aromatic heterocycles. The van der Waals surface area contributed by atoms with Crippen molar-refractivity contribution >= 4 is 11.7 Å². The van der Waals surface area contributed by atoms with Crippen LogP contribution in [0.1, 0.15) is 18.9 Å². The molecule has 1 aromatic rings. The molecule has 0 aliphatic heterocycles. The highest BCUT2D eigenvalue weighted by Gasteiger charge is 2.14. The molecule has 0 N–H and O–H groups in total. The molecule has 0 saturated carbocycles. The van der Waals surface area contributed by atoms with Crippen LogP contribution in [0.25, 0.3) is 0 Å². The zero-order chi connectivity index (χ0) is 13.5. The second-order valence-corrected chi connectivity index (χ2v) is 3.14. The van der Waals surface area contributed by atoms with E-state index in [-0.39, 0.29) is 24.3 Å². The van der Waals surface area contributed by atoms with Gasteiger partial charge in [-0.15, -0.1) is 0 Å². The van der Waals surface area contributed by atoms with Crippen LogP contribution in [0.5, 0.6) is 0 Å². The Morgan fingerprint density at radius 1 is 1.61 bits per heavy atom. The smallest absolute Gasteiger partial charge is 0.317 e. The number of nitrogens with zero attached hydrogens (tertiary/aromatic N) is 2. The summed E-state index contributed by atoms with van der Waals surface area (Å²) < 4.78 is 5.04. The molecular weight excluding hydrogens is 240 g/mol. The van der Waals surface area contributed by atoms with Crippen molar-refractivity contribution in [2.45, 2.75) is 13.3 Å². The van der Waals surface area contributed by atoms with Gasteiger partial charge in [-0.05, 0) is 6.92 Å². The van der Waals surface area contributed by atoms with Crippen LogP contribution < -0.4 is 4.73 Å². The van der Waals surface area contributed by atoms with E-state index in [4.69, 9.17) is 0 Å². The Morgan fingerprint density at radius 3 is 2.94 bits per heavy atom. The van der Waals surface area contributed by atoms with Gasteiger partial charge in [-0.25, -0.2) is 0 Å². The van der Waals surface area contributed by atoms with Crippen molar-refractivity contribution in [2.24, 2.45) is 0 Å². The second-order valence-electron chi connectivity index (χ2n) is 3.14. The summed E-state index contributed by atoms with van der Waals surface area (Å²) in [6.45, 7) is 1.90. The highest BCUT2D eigenvalue weighted by molar-refractivity contribution is 5.72. The lowest BCUT2D eigenvalue weighted by Crippen LogP contribution is -2.25. The number of carbonyl (C=O) groups is 1. The fourth-order valence-corrected chi connectivity index (χ4v) is 1.15. The Kier molecular flexibility index (Phi) is 4.63. The summed E-state index contributed by atoms with van der Waals surface area (Å²) >= 11 is 0. The zero-order valence-corrected chi connectivity index (χ0v) is 9.58. The van der Waals surface area contributed by atoms with Crippen molar-refractivity contribution < 1.29 is 19.2 Å². The molecule has 0 fully saturated rings. The topological polar surface area (TPSA) is 96.4 Å². The van der Waals surface area contributed by atoms with E-state index in [2.05, 4.69) is 16.6 Å². The molecule has 7 nitrogen and oxygen atoms in total. The van der Waals surface area contributed by atoms with Crippen molar-refractivity contribution in [2.75, 3.05) is 6.61 Å². The summed E-state index contributed by atoms with van der Waals surface area (Å²) in [6, 6.07) is 1.06.